The van der Waals surface area contributed by atoms with Crippen LogP contribution in [-0.2, 0) is 26.7 Å². The van der Waals surface area contributed by atoms with Gasteiger partial charge in [0, 0.05) is 71.6 Å². The fourth-order valence-corrected chi connectivity index (χ4v) is 3.03. The van der Waals surface area contributed by atoms with E-state index < -0.39 is 0 Å². The van der Waals surface area contributed by atoms with Crippen LogP contribution in [0.1, 0.15) is 17.7 Å². The molecule has 0 N–H and O–H groups in total. The molecule has 0 atom stereocenters. The molecule has 0 amide bonds. The third-order valence-electron chi connectivity index (χ3n) is 4.61. The van der Waals surface area contributed by atoms with Crippen LogP contribution in [0.25, 0.3) is 0 Å². The molecule has 0 bridgehead atoms. The van der Waals surface area contributed by atoms with Gasteiger partial charge in [-0.05, 0) is 24.1 Å². The fraction of sp³-hybridized carbons (Fsp3) is 0.400. The summed E-state index contributed by atoms with van der Waals surface area (Å²) in [6, 6.07) is 8.81. The average Bonchev–Trinajstić information content (AvgIpc) is 3.28. The van der Waals surface area contributed by atoms with E-state index in [4.69, 9.17) is 0 Å². The molecule has 26 heavy (non-hydrogen) atoms. The lowest BCUT2D eigenvalue weighted by molar-refractivity contribution is 0.243. The van der Waals surface area contributed by atoms with Crippen molar-refractivity contribution in [3.05, 3.63) is 66.8 Å². The Balaban J connectivity index is 1.64. The summed E-state index contributed by atoms with van der Waals surface area (Å²) in [6.07, 6.45) is 10.6. The molecule has 2 aromatic heterocycles. The Hall–Kier alpha value is -2.60. The SMILES string of the molecule is CN(C)c1ccc(CN(CCCn2ccnc2)Cc2cncn2C)cc1. The molecular weight excluding hydrogens is 324 g/mol. The molecule has 3 rings (SSSR count). The zero-order valence-corrected chi connectivity index (χ0v) is 15.9. The van der Waals surface area contributed by atoms with E-state index in [0.717, 1.165) is 32.6 Å². The van der Waals surface area contributed by atoms with Crippen LogP contribution in [0.15, 0.2) is 55.5 Å². The zero-order valence-electron chi connectivity index (χ0n) is 15.9. The molecule has 1 aromatic carbocycles. The highest BCUT2D eigenvalue weighted by molar-refractivity contribution is 5.45. The lowest BCUT2D eigenvalue weighted by atomic mass is 10.1. The fourth-order valence-electron chi connectivity index (χ4n) is 3.03. The van der Waals surface area contributed by atoms with Crippen molar-refractivity contribution >= 4 is 5.69 Å². The van der Waals surface area contributed by atoms with E-state index in [0.29, 0.717) is 0 Å². The molecule has 0 fully saturated rings. The molecule has 0 aliphatic carbocycles. The zero-order chi connectivity index (χ0) is 18.4. The maximum absolute atomic E-state index is 4.25. The molecule has 0 radical (unpaired) electrons. The monoisotopic (exact) mass is 352 g/mol. The molecule has 138 valence electrons. The Labute approximate surface area is 155 Å². The van der Waals surface area contributed by atoms with Gasteiger partial charge < -0.3 is 14.0 Å². The molecule has 6 heteroatoms. The van der Waals surface area contributed by atoms with Crippen molar-refractivity contribution in [2.24, 2.45) is 7.05 Å². The molecular formula is C20H28N6. The minimum atomic E-state index is 0.899. The standard InChI is InChI=1S/C20H28N6/c1-23(2)19-7-5-18(6-8-19)14-26(15-20-13-22-16-24(20)3)11-4-10-25-12-9-21-17-25/h5-9,12-13,16-17H,4,10-11,14-15H2,1-3H3. The minimum absolute atomic E-state index is 0.899. The van der Waals surface area contributed by atoms with Crippen LogP contribution >= 0.6 is 0 Å². The first-order valence-corrected chi connectivity index (χ1v) is 9.01. The van der Waals surface area contributed by atoms with Crippen LogP contribution in [0.3, 0.4) is 0 Å². The van der Waals surface area contributed by atoms with Crippen molar-refractivity contribution in [3.63, 3.8) is 0 Å². The van der Waals surface area contributed by atoms with Crippen molar-refractivity contribution in [1.29, 1.82) is 0 Å². The molecule has 2 heterocycles. The van der Waals surface area contributed by atoms with Crippen LogP contribution in [0.5, 0.6) is 0 Å². The van der Waals surface area contributed by atoms with Crippen molar-refractivity contribution in [3.8, 4) is 0 Å². The summed E-state index contributed by atoms with van der Waals surface area (Å²) in [5.41, 5.74) is 3.80. The van der Waals surface area contributed by atoms with Crippen molar-refractivity contribution < 1.29 is 0 Å². The van der Waals surface area contributed by atoms with Crippen LogP contribution in [0, 0.1) is 0 Å². The highest BCUT2D eigenvalue weighted by atomic mass is 15.2. The third kappa shape index (κ3) is 4.95. The Morgan fingerprint density at radius 1 is 1.00 bits per heavy atom. The van der Waals surface area contributed by atoms with E-state index in [1.807, 2.05) is 31.2 Å². The Morgan fingerprint density at radius 2 is 1.81 bits per heavy atom. The van der Waals surface area contributed by atoms with Crippen molar-refractivity contribution in [1.82, 2.24) is 24.0 Å². The molecule has 0 aliphatic heterocycles. The second kappa shape index (κ2) is 8.67. The van der Waals surface area contributed by atoms with Gasteiger partial charge in [0.05, 0.1) is 18.3 Å². The number of anilines is 1. The van der Waals surface area contributed by atoms with Gasteiger partial charge in [-0.3, -0.25) is 4.90 Å². The molecule has 0 saturated heterocycles. The number of aryl methyl sites for hydroxylation is 2. The van der Waals surface area contributed by atoms with Gasteiger partial charge in [-0.1, -0.05) is 12.1 Å². The Bertz CT molecular complexity index is 773. The van der Waals surface area contributed by atoms with Gasteiger partial charge in [0.1, 0.15) is 0 Å². The first-order chi connectivity index (χ1) is 12.6. The quantitative estimate of drug-likeness (QED) is 0.594. The molecule has 3 aromatic rings. The second-order valence-corrected chi connectivity index (χ2v) is 6.92. The predicted molar refractivity (Wildman–Crippen MR) is 105 cm³/mol. The second-order valence-electron chi connectivity index (χ2n) is 6.92. The van der Waals surface area contributed by atoms with Crippen LogP contribution in [-0.4, -0.2) is 44.6 Å². The average molecular weight is 352 g/mol. The summed E-state index contributed by atoms with van der Waals surface area (Å²) in [5, 5.41) is 0. The molecule has 6 nitrogen and oxygen atoms in total. The van der Waals surface area contributed by atoms with Crippen LogP contribution in [0.2, 0.25) is 0 Å². The number of imidazole rings is 2. The van der Waals surface area contributed by atoms with Gasteiger partial charge in [0.2, 0.25) is 0 Å². The largest absolute Gasteiger partial charge is 0.378 e. The van der Waals surface area contributed by atoms with E-state index in [1.54, 1.807) is 0 Å². The number of aromatic nitrogens is 4. The highest BCUT2D eigenvalue weighted by Gasteiger charge is 2.10. The van der Waals surface area contributed by atoms with E-state index >= 15 is 0 Å². The summed E-state index contributed by atoms with van der Waals surface area (Å²) in [5.74, 6) is 0. The van der Waals surface area contributed by atoms with Gasteiger partial charge in [-0.15, -0.1) is 0 Å². The summed E-state index contributed by atoms with van der Waals surface area (Å²) < 4.78 is 4.23. The first kappa shape index (κ1) is 18.2. The predicted octanol–water partition coefficient (Wildman–Crippen LogP) is 2.78. The smallest absolute Gasteiger partial charge is 0.0945 e. The lowest BCUT2D eigenvalue weighted by Gasteiger charge is -2.23. The van der Waals surface area contributed by atoms with Crippen molar-refractivity contribution in [2.75, 3.05) is 25.5 Å². The summed E-state index contributed by atoms with van der Waals surface area (Å²) in [7, 11) is 6.19. The van der Waals surface area contributed by atoms with Crippen LogP contribution in [0.4, 0.5) is 5.69 Å². The Kier molecular flexibility index (Phi) is 6.07. The summed E-state index contributed by atoms with van der Waals surface area (Å²) in [6.45, 7) is 3.85. The van der Waals surface area contributed by atoms with Gasteiger partial charge in [0.25, 0.3) is 0 Å². The number of hydrogen-bond acceptors (Lipinski definition) is 4. The summed E-state index contributed by atoms with van der Waals surface area (Å²) in [4.78, 5) is 13.0. The Morgan fingerprint density at radius 3 is 2.42 bits per heavy atom. The summed E-state index contributed by atoms with van der Waals surface area (Å²) >= 11 is 0. The number of hydrogen-bond donors (Lipinski definition) is 0. The van der Waals surface area contributed by atoms with Gasteiger partial charge in [-0.2, -0.15) is 0 Å². The number of nitrogens with zero attached hydrogens (tertiary/aromatic N) is 6. The normalized spacial score (nSPS) is 11.2. The van der Waals surface area contributed by atoms with Crippen LogP contribution < -0.4 is 4.90 Å². The van der Waals surface area contributed by atoms with Gasteiger partial charge in [-0.25, -0.2) is 9.97 Å². The third-order valence-corrected chi connectivity index (χ3v) is 4.61. The van der Waals surface area contributed by atoms with E-state index in [9.17, 15) is 0 Å². The van der Waals surface area contributed by atoms with E-state index in [1.165, 1.54) is 16.9 Å². The highest BCUT2D eigenvalue weighted by Crippen LogP contribution is 2.15. The van der Waals surface area contributed by atoms with Gasteiger partial charge in [0.15, 0.2) is 0 Å². The molecule has 0 saturated carbocycles. The minimum Gasteiger partial charge on any atom is -0.378 e. The molecule has 0 spiro atoms. The van der Waals surface area contributed by atoms with Crippen molar-refractivity contribution in [2.45, 2.75) is 26.1 Å². The molecule has 0 unspecified atom stereocenters. The lowest BCUT2D eigenvalue weighted by Crippen LogP contribution is -2.26. The molecule has 0 aliphatic rings. The topological polar surface area (TPSA) is 42.1 Å². The number of benzene rings is 1. The van der Waals surface area contributed by atoms with Gasteiger partial charge >= 0.3 is 0 Å². The number of rotatable bonds is 9. The maximum Gasteiger partial charge on any atom is 0.0945 e. The first-order valence-electron chi connectivity index (χ1n) is 9.01. The van der Waals surface area contributed by atoms with E-state index in [2.05, 4.69) is 74.3 Å². The van der Waals surface area contributed by atoms with E-state index in [-0.39, 0.29) is 0 Å². The maximum atomic E-state index is 4.25.